The smallest absolute Gasteiger partial charge is 0.142 e. The van der Waals surface area contributed by atoms with Gasteiger partial charge >= 0.3 is 0 Å². The second-order valence-corrected chi connectivity index (χ2v) is 3.69. The maximum Gasteiger partial charge on any atom is 0.142 e. The first-order chi connectivity index (χ1) is 7.06. The minimum atomic E-state index is -0.639. The molecule has 0 radical (unpaired) electrons. The van der Waals surface area contributed by atoms with E-state index in [-0.39, 0.29) is 6.04 Å². The zero-order valence-corrected chi connectivity index (χ0v) is 9.10. The summed E-state index contributed by atoms with van der Waals surface area (Å²) in [5.74, 6) is 0.580. The summed E-state index contributed by atoms with van der Waals surface area (Å²) in [4.78, 5) is 0. The number of benzene rings is 1. The van der Waals surface area contributed by atoms with Gasteiger partial charge in [-0.15, -0.1) is 0 Å². The van der Waals surface area contributed by atoms with Crippen LogP contribution in [0.4, 0.5) is 5.69 Å². The van der Waals surface area contributed by atoms with Crippen LogP contribution in [-0.2, 0) is 0 Å². The topological polar surface area (TPSA) is 81.5 Å². The lowest BCUT2D eigenvalue weighted by molar-refractivity contribution is 0.160. The molecule has 0 aliphatic rings. The lowest BCUT2D eigenvalue weighted by Crippen LogP contribution is -2.19. The Balaban J connectivity index is 2.93. The van der Waals surface area contributed by atoms with Gasteiger partial charge in [0.2, 0.25) is 0 Å². The molecule has 2 atom stereocenters. The third-order valence-electron chi connectivity index (χ3n) is 2.27. The number of methoxy groups -OCH3 is 1. The maximum atomic E-state index is 9.88. The van der Waals surface area contributed by atoms with Gasteiger partial charge in [-0.2, -0.15) is 0 Å². The molecule has 0 saturated carbocycles. The van der Waals surface area contributed by atoms with Crippen molar-refractivity contribution in [2.45, 2.75) is 25.5 Å². The molecule has 0 amide bonds. The predicted octanol–water partition coefficient (Wildman–Crippen LogP) is 1.05. The Hall–Kier alpha value is -1.26. The van der Waals surface area contributed by atoms with Gasteiger partial charge in [-0.1, -0.05) is 12.1 Å². The summed E-state index contributed by atoms with van der Waals surface area (Å²) in [5.41, 5.74) is 12.6. The molecule has 15 heavy (non-hydrogen) atoms. The summed E-state index contributed by atoms with van der Waals surface area (Å²) in [6.45, 7) is 1.85. The number of rotatable bonds is 4. The van der Waals surface area contributed by atoms with E-state index in [0.717, 1.165) is 0 Å². The van der Waals surface area contributed by atoms with Gasteiger partial charge in [0.15, 0.2) is 0 Å². The molecule has 0 aliphatic carbocycles. The molecule has 0 fully saturated rings. The van der Waals surface area contributed by atoms with E-state index >= 15 is 0 Å². The van der Waals surface area contributed by atoms with E-state index in [9.17, 15) is 5.11 Å². The highest BCUT2D eigenvalue weighted by Crippen LogP contribution is 2.30. The van der Waals surface area contributed by atoms with E-state index in [2.05, 4.69) is 0 Å². The molecular weight excluding hydrogens is 192 g/mol. The number of nitrogen functional groups attached to an aromatic ring is 1. The Bertz CT molecular complexity index is 326. The maximum absolute atomic E-state index is 9.88. The van der Waals surface area contributed by atoms with Crippen LogP contribution >= 0.6 is 0 Å². The summed E-state index contributed by atoms with van der Waals surface area (Å²) in [5, 5.41) is 9.88. The Morgan fingerprint density at radius 3 is 2.67 bits per heavy atom. The summed E-state index contributed by atoms with van der Waals surface area (Å²) >= 11 is 0. The molecule has 4 nitrogen and oxygen atoms in total. The molecule has 1 rings (SSSR count). The van der Waals surface area contributed by atoms with E-state index in [1.165, 1.54) is 0 Å². The quantitative estimate of drug-likeness (QED) is 0.649. The van der Waals surface area contributed by atoms with Crippen LogP contribution < -0.4 is 16.2 Å². The molecule has 1 aromatic rings. The number of anilines is 1. The van der Waals surface area contributed by atoms with Crippen LogP contribution in [0.25, 0.3) is 0 Å². The van der Waals surface area contributed by atoms with E-state index in [1.54, 1.807) is 25.3 Å². The highest BCUT2D eigenvalue weighted by Gasteiger charge is 2.15. The highest BCUT2D eigenvalue weighted by molar-refractivity contribution is 5.59. The fourth-order valence-electron chi connectivity index (χ4n) is 1.51. The van der Waals surface area contributed by atoms with Crippen molar-refractivity contribution in [3.8, 4) is 5.75 Å². The Morgan fingerprint density at radius 1 is 1.47 bits per heavy atom. The van der Waals surface area contributed by atoms with Crippen LogP contribution in [0.3, 0.4) is 0 Å². The lowest BCUT2D eigenvalue weighted by atomic mass is 10.0. The Morgan fingerprint density at radius 2 is 2.13 bits per heavy atom. The fourth-order valence-corrected chi connectivity index (χ4v) is 1.51. The van der Waals surface area contributed by atoms with Crippen molar-refractivity contribution in [3.63, 3.8) is 0 Å². The number of aliphatic hydroxyl groups is 1. The van der Waals surface area contributed by atoms with E-state index in [4.69, 9.17) is 16.2 Å². The van der Waals surface area contributed by atoms with Crippen LogP contribution in [0.15, 0.2) is 18.2 Å². The molecule has 2 unspecified atom stereocenters. The molecule has 0 spiro atoms. The van der Waals surface area contributed by atoms with Gasteiger partial charge in [0.05, 0.1) is 18.9 Å². The zero-order valence-electron chi connectivity index (χ0n) is 9.10. The van der Waals surface area contributed by atoms with E-state index in [0.29, 0.717) is 23.4 Å². The Kier molecular flexibility index (Phi) is 3.94. The molecular formula is C11H18N2O2. The van der Waals surface area contributed by atoms with Crippen LogP contribution in [-0.4, -0.2) is 18.3 Å². The van der Waals surface area contributed by atoms with Gasteiger partial charge in [-0.3, -0.25) is 0 Å². The molecule has 0 aromatic heterocycles. The molecule has 5 N–H and O–H groups in total. The van der Waals surface area contributed by atoms with Crippen molar-refractivity contribution in [2.75, 3.05) is 12.8 Å². The third kappa shape index (κ3) is 2.84. The van der Waals surface area contributed by atoms with Crippen molar-refractivity contribution in [1.82, 2.24) is 0 Å². The average molecular weight is 210 g/mol. The first-order valence-corrected chi connectivity index (χ1v) is 4.92. The van der Waals surface area contributed by atoms with Crippen molar-refractivity contribution < 1.29 is 9.84 Å². The standard InChI is InChI=1S/C11H18N2O2/c1-7(12)6-9(14)8-4-3-5-10(15-2)11(8)13/h3-5,7,9,14H,6,12-13H2,1-2H3. The highest BCUT2D eigenvalue weighted by atomic mass is 16.5. The van der Waals surface area contributed by atoms with Gasteiger partial charge in [-0.05, 0) is 19.4 Å². The zero-order chi connectivity index (χ0) is 11.4. The minimum absolute atomic E-state index is 0.0643. The normalized spacial score (nSPS) is 14.7. The van der Waals surface area contributed by atoms with Crippen molar-refractivity contribution in [2.24, 2.45) is 5.73 Å². The van der Waals surface area contributed by atoms with Gasteiger partial charge in [0.25, 0.3) is 0 Å². The largest absolute Gasteiger partial charge is 0.495 e. The summed E-state index contributed by atoms with van der Waals surface area (Å²) < 4.78 is 5.07. The molecule has 0 heterocycles. The second kappa shape index (κ2) is 5.00. The number of para-hydroxylation sites is 1. The van der Waals surface area contributed by atoms with Crippen molar-refractivity contribution in [3.05, 3.63) is 23.8 Å². The number of nitrogens with two attached hydrogens (primary N) is 2. The van der Waals surface area contributed by atoms with Crippen molar-refractivity contribution in [1.29, 1.82) is 0 Å². The average Bonchev–Trinajstić information content (AvgIpc) is 2.17. The van der Waals surface area contributed by atoms with Crippen LogP contribution in [0.2, 0.25) is 0 Å². The minimum Gasteiger partial charge on any atom is -0.495 e. The summed E-state index contributed by atoms with van der Waals surface area (Å²) in [6.07, 6.45) is -0.155. The van der Waals surface area contributed by atoms with Gasteiger partial charge in [0, 0.05) is 11.6 Å². The molecule has 0 saturated heterocycles. The fraction of sp³-hybridized carbons (Fsp3) is 0.455. The number of aliphatic hydroxyl groups excluding tert-OH is 1. The summed E-state index contributed by atoms with van der Waals surface area (Å²) in [7, 11) is 1.55. The third-order valence-corrected chi connectivity index (χ3v) is 2.27. The monoisotopic (exact) mass is 210 g/mol. The number of ether oxygens (including phenoxy) is 1. The first-order valence-electron chi connectivity index (χ1n) is 4.92. The van der Waals surface area contributed by atoms with Gasteiger partial charge in [0.1, 0.15) is 5.75 Å². The van der Waals surface area contributed by atoms with Crippen molar-refractivity contribution >= 4 is 5.69 Å². The van der Waals surface area contributed by atoms with E-state index < -0.39 is 6.10 Å². The molecule has 1 aromatic carbocycles. The molecule has 0 bridgehead atoms. The summed E-state index contributed by atoms with van der Waals surface area (Å²) in [6, 6.07) is 5.28. The molecule has 0 aliphatic heterocycles. The van der Waals surface area contributed by atoms with Gasteiger partial charge < -0.3 is 21.3 Å². The molecule has 84 valence electrons. The van der Waals surface area contributed by atoms with Crippen LogP contribution in [0.5, 0.6) is 5.75 Å². The number of hydrogen-bond acceptors (Lipinski definition) is 4. The SMILES string of the molecule is COc1cccc(C(O)CC(C)N)c1N. The van der Waals surface area contributed by atoms with Crippen LogP contribution in [0.1, 0.15) is 25.0 Å². The van der Waals surface area contributed by atoms with Gasteiger partial charge in [-0.25, -0.2) is 0 Å². The molecule has 4 heteroatoms. The van der Waals surface area contributed by atoms with Crippen LogP contribution in [0, 0.1) is 0 Å². The lowest BCUT2D eigenvalue weighted by Gasteiger charge is -2.16. The predicted molar refractivity (Wildman–Crippen MR) is 60.6 cm³/mol. The Labute approximate surface area is 89.8 Å². The number of hydrogen-bond donors (Lipinski definition) is 3. The second-order valence-electron chi connectivity index (χ2n) is 3.69. The van der Waals surface area contributed by atoms with E-state index in [1.807, 2.05) is 6.92 Å². The first kappa shape index (κ1) is 11.8.